The number of nitrogens with zero attached hydrogens (tertiary/aromatic N) is 5. The number of urea groups is 1. The van der Waals surface area contributed by atoms with Crippen LogP contribution in [0.25, 0.3) is 33.3 Å². The number of anilines is 1. The van der Waals surface area contributed by atoms with Gasteiger partial charge in [-0.1, -0.05) is 43.4 Å². The van der Waals surface area contributed by atoms with E-state index in [1.807, 2.05) is 24.3 Å². The second kappa shape index (κ2) is 13.8. The first kappa shape index (κ1) is 28.1. The quantitative estimate of drug-likeness (QED) is 0.143. The average molecular weight is 672 g/mol. The highest BCUT2D eigenvalue weighted by Gasteiger charge is 2.18. The van der Waals surface area contributed by atoms with Gasteiger partial charge in [-0.2, -0.15) is 0 Å². The molecule has 3 heterocycles. The molecule has 2 N–H and O–H groups in total. The van der Waals surface area contributed by atoms with Gasteiger partial charge in [0.25, 0.3) is 0 Å². The Bertz CT molecular complexity index is 1430. The lowest BCUT2D eigenvalue weighted by atomic mass is 9.87. The molecule has 1 aliphatic rings. The Kier molecular flexibility index (Phi) is 9.71. The molecule has 5 rings (SSSR count). The number of alkyl halides is 1. The van der Waals surface area contributed by atoms with Gasteiger partial charge in [-0.25, -0.2) is 24.7 Å². The Morgan fingerprint density at radius 3 is 2.65 bits per heavy atom. The standard InChI is InChI=1S/C28H30IN7O3S/c1-30-27(37)36-28-33-16-25(40-28)22-14-21(34-26(35-22)23-15-31-10-11-32-23)20-13-19(7-8-24(20)39-17-29)38-12-9-18-5-3-2-4-6-18/h7-8,10-11,13-16,18H,2-6,9,12,17H2,1H3,(H2,30,33,36,37). The number of rotatable bonds is 10. The van der Waals surface area contributed by atoms with Crippen LogP contribution in [0.4, 0.5) is 9.93 Å². The lowest BCUT2D eigenvalue weighted by molar-refractivity contribution is 0.246. The van der Waals surface area contributed by atoms with Gasteiger partial charge < -0.3 is 14.8 Å². The van der Waals surface area contributed by atoms with Gasteiger partial charge >= 0.3 is 6.03 Å². The van der Waals surface area contributed by atoms with E-state index >= 15 is 0 Å². The summed E-state index contributed by atoms with van der Waals surface area (Å²) in [5.41, 5.74) is 2.61. The van der Waals surface area contributed by atoms with Crippen LogP contribution in [-0.4, -0.2) is 49.2 Å². The van der Waals surface area contributed by atoms with Gasteiger partial charge in [0.05, 0.1) is 29.1 Å². The molecule has 12 heteroatoms. The predicted molar refractivity (Wildman–Crippen MR) is 164 cm³/mol. The number of carbonyl (C=O) groups excluding carboxylic acids is 1. The summed E-state index contributed by atoms with van der Waals surface area (Å²) in [6.45, 7) is 0.679. The van der Waals surface area contributed by atoms with E-state index in [1.165, 1.54) is 43.4 Å². The Hall–Kier alpha value is -3.39. The molecule has 1 fully saturated rings. The van der Waals surface area contributed by atoms with Gasteiger partial charge in [-0.15, -0.1) is 0 Å². The highest BCUT2D eigenvalue weighted by Crippen LogP contribution is 2.37. The van der Waals surface area contributed by atoms with Crippen molar-refractivity contribution in [2.75, 3.05) is 23.6 Å². The molecule has 0 bridgehead atoms. The fourth-order valence-electron chi connectivity index (χ4n) is 4.65. The number of benzene rings is 1. The van der Waals surface area contributed by atoms with Crippen LogP contribution >= 0.6 is 33.9 Å². The van der Waals surface area contributed by atoms with Crippen molar-refractivity contribution in [3.8, 4) is 44.8 Å². The van der Waals surface area contributed by atoms with Crippen LogP contribution in [0.1, 0.15) is 38.5 Å². The molecule has 1 saturated carbocycles. The molecule has 10 nitrogen and oxygen atoms in total. The van der Waals surface area contributed by atoms with E-state index in [0.717, 1.165) is 28.5 Å². The first-order chi connectivity index (χ1) is 19.6. The minimum Gasteiger partial charge on any atom is -0.494 e. The van der Waals surface area contributed by atoms with Crippen molar-refractivity contribution in [2.24, 2.45) is 5.92 Å². The maximum Gasteiger partial charge on any atom is 0.320 e. The van der Waals surface area contributed by atoms with Crippen LogP contribution < -0.4 is 20.1 Å². The molecular formula is C28H30IN7O3S. The second-order valence-corrected chi connectivity index (χ2v) is 11.0. The largest absolute Gasteiger partial charge is 0.494 e. The van der Waals surface area contributed by atoms with Crippen LogP contribution in [0, 0.1) is 5.92 Å². The molecular weight excluding hydrogens is 641 g/mol. The second-order valence-electron chi connectivity index (χ2n) is 9.34. The molecule has 2 amide bonds. The number of ether oxygens (including phenoxy) is 2. The Labute approximate surface area is 250 Å². The van der Waals surface area contributed by atoms with Crippen LogP contribution in [0.15, 0.2) is 49.1 Å². The summed E-state index contributed by atoms with van der Waals surface area (Å²) in [6, 6.07) is 7.38. The summed E-state index contributed by atoms with van der Waals surface area (Å²) >= 11 is 3.49. The third kappa shape index (κ3) is 7.22. The number of nitrogens with one attached hydrogen (secondary N) is 2. The maximum atomic E-state index is 11.8. The maximum absolute atomic E-state index is 11.8. The average Bonchev–Trinajstić information content (AvgIpc) is 3.47. The molecule has 0 spiro atoms. The van der Waals surface area contributed by atoms with Crippen LogP contribution in [0.2, 0.25) is 0 Å². The van der Waals surface area contributed by atoms with Gasteiger partial charge in [-0.3, -0.25) is 10.3 Å². The van der Waals surface area contributed by atoms with Crippen molar-refractivity contribution >= 4 is 45.1 Å². The van der Waals surface area contributed by atoms with Crippen molar-refractivity contribution < 1.29 is 14.3 Å². The molecule has 0 unspecified atom stereocenters. The molecule has 1 aromatic carbocycles. The molecule has 208 valence electrons. The lowest BCUT2D eigenvalue weighted by Crippen LogP contribution is -2.24. The van der Waals surface area contributed by atoms with Gasteiger partial charge in [0.1, 0.15) is 21.8 Å². The Morgan fingerprint density at radius 2 is 1.88 bits per heavy atom. The SMILES string of the molecule is CNC(=O)Nc1ncc(-c2cc(-c3cc(OCCC4CCCCC4)ccc3OCI)nc(-c3cnccn3)n2)s1. The third-order valence-electron chi connectivity index (χ3n) is 6.68. The summed E-state index contributed by atoms with van der Waals surface area (Å²) in [7, 11) is 1.55. The van der Waals surface area contributed by atoms with Gasteiger partial charge in [-0.05, 0) is 59.2 Å². The molecule has 40 heavy (non-hydrogen) atoms. The first-order valence-electron chi connectivity index (χ1n) is 13.2. The van der Waals surface area contributed by atoms with E-state index in [1.54, 1.807) is 31.8 Å². The topological polar surface area (TPSA) is 124 Å². The van der Waals surface area contributed by atoms with Gasteiger partial charge in [0, 0.05) is 31.2 Å². The van der Waals surface area contributed by atoms with Crippen LogP contribution in [0.3, 0.4) is 0 Å². The summed E-state index contributed by atoms with van der Waals surface area (Å²) < 4.78 is 12.7. The zero-order chi connectivity index (χ0) is 27.7. The van der Waals surface area contributed by atoms with E-state index in [4.69, 9.17) is 19.4 Å². The third-order valence-corrected chi connectivity index (χ3v) is 7.93. The number of aromatic nitrogens is 5. The van der Waals surface area contributed by atoms with Crippen molar-refractivity contribution in [1.82, 2.24) is 30.2 Å². The van der Waals surface area contributed by atoms with Crippen molar-refractivity contribution in [3.05, 3.63) is 49.1 Å². The number of hydrogen-bond donors (Lipinski definition) is 2. The van der Waals surface area contributed by atoms with Crippen LogP contribution in [-0.2, 0) is 0 Å². The van der Waals surface area contributed by atoms with Crippen molar-refractivity contribution in [2.45, 2.75) is 38.5 Å². The summed E-state index contributed by atoms with van der Waals surface area (Å²) in [5, 5.41) is 5.69. The number of carbonyl (C=O) groups is 1. The monoisotopic (exact) mass is 671 g/mol. The van der Waals surface area contributed by atoms with Crippen molar-refractivity contribution in [3.63, 3.8) is 0 Å². The highest BCUT2D eigenvalue weighted by atomic mass is 127. The van der Waals surface area contributed by atoms with Gasteiger partial charge in [0.15, 0.2) is 11.0 Å². The Morgan fingerprint density at radius 1 is 1.02 bits per heavy atom. The zero-order valence-corrected chi connectivity index (χ0v) is 25.1. The number of halogens is 1. The fraction of sp³-hybridized carbons (Fsp3) is 0.357. The van der Waals surface area contributed by atoms with E-state index < -0.39 is 0 Å². The highest BCUT2D eigenvalue weighted by molar-refractivity contribution is 14.1. The van der Waals surface area contributed by atoms with Crippen LogP contribution in [0.5, 0.6) is 11.5 Å². The minimum absolute atomic E-state index is 0.342. The molecule has 0 saturated heterocycles. The molecule has 3 aromatic heterocycles. The summed E-state index contributed by atoms with van der Waals surface area (Å²) in [5.74, 6) is 2.62. The van der Waals surface area contributed by atoms with Gasteiger partial charge in [0.2, 0.25) is 0 Å². The smallest absolute Gasteiger partial charge is 0.320 e. The lowest BCUT2D eigenvalue weighted by Gasteiger charge is -2.21. The molecule has 4 aromatic rings. The zero-order valence-electron chi connectivity index (χ0n) is 22.1. The number of amides is 2. The molecule has 1 aliphatic carbocycles. The first-order valence-corrected chi connectivity index (χ1v) is 15.5. The van der Waals surface area contributed by atoms with E-state index in [0.29, 0.717) is 45.0 Å². The van der Waals surface area contributed by atoms with E-state index in [2.05, 4.69) is 48.2 Å². The summed E-state index contributed by atoms with van der Waals surface area (Å²) in [4.78, 5) is 35.1. The fourth-order valence-corrected chi connectivity index (χ4v) is 5.76. The molecule has 0 atom stereocenters. The predicted octanol–water partition coefficient (Wildman–Crippen LogP) is 6.60. The van der Waals surface area contributed by atoms with E-state index in [9.17, 15) is 4.79 Å². The normalized spacial score (nSPS) is 13.6. The molecule has 0 radical (unpaired) electrons. The Balaban J connectivity index is 1.50. The number of thiazole rings is 1. The number of hydrogen-bond acceptors (Lipinski definition) is 9. The minimum atomic E-state index is -0.342. The van der Waals surface area contributed by atoms with Crippen molar-refractivity contribution in [1.29, 1.82) is 0 Å². The summed E-state index contributed by atoms with van der Waals surface area (Å²) in [6.07, 6.45) is 14.2. The molecule has 0 aliphatic heterocycles. The van der Waals surface area contributed by atoms with E-state index in [-0.39, 0.29) is 6.03 Å².